The van der Waals surface area contributed by atoms with Crippen LogP contribution in [-0.2, 0) is 11.8 Å². The molecule has 100 valence electrons. The molecule has 0 unspecified atom stereocenters. The quantitative estimate of drug-likeness (QED) is 0.783. The molecule has 18 heavy (non-hydrogen) atoms. The highest BCUT2D eigenvalue weighted by molar-refractivity contribution is 5.73. The molecule has 0 aliphatic carbocycles. The molecule has 0 saturated carbocycles. The van der Waals surface area contributed by atoms with E-state index in [0.29, 0.717) is 0 Å². The molecule has 1 aromatic rings. The maximum absolute atomic E-state index is 11.4. The summed E-state index contributed by atoms with van der Waals surface area (Å²) >= 11 is 0. The largest absolute Gasteiger partial charge is 0.394 e. The average molecular weight is 251 g/mol. The molecule has 1 amide bonds. The summed E-state index contributed by atoms with van der Waals surface area (Å²) < 4.78 is 1.83. The van der Waals surface area contributed by atoms with E-state index in [9.17, 15) is 4.79 Å². The summed E-state index contributed by atoms with van der Waals surface area (Å²) in [5.41, 5.74) is 7.68. The number of hydrogen-bond donors (Lipinski definition) is 1. The molecule has 2 rings (SSSR count). The van der Waals surface area contributed by atoms with Crippen molar-refractivity contribution in [3.8, 4) is 0 Å². The molecule has 1 aliphatic rings. The van der Waals surface area contributed by atoms with Gasteiger partial charge in [-0.3, -0.25) is 9.48 Å². The van der Waals surface area contributed by atoms with Crippen LogP contribution in [0.25, 0.3) is 0 Å². The van der Waals surface area contributed by atoms with Crippen LogP contribution in [0.4, 0.5) is 11.5 Å². The fraction of sp³-hybridized carbons (Fsp3) is 0.667. The van der Waals surface area contributed by atoms with Crippen molar-refractivity contribution in [2.45, 2.75) is 20.3 Å². The van der Waals surface area contributed by atoms with E-state index in [0.717, 1.165) is 49.8 Å². The monoisotopic (exact) mass is 251 g/mol. The Morgan fingerprint density at radius 1 is 1.28 bits per heavy atom. The number of carbonyl (C=O) groups excluding carboxylic acids is 1. The van der Waals surface area contributed by atoms with E-state index in [1.54, 1.807) is 6.92 Å². The first-order chi connectivity index (χ1) is 8.50. The number of aromatic nitrogens is 2. The number of anilines is 2. The third-order valence-electron chi connectivity index (χ3n) is 3.48. The van der Waals surface area contributed by atoms with E-state index < -0.39 is 0 Å². The molecule has 0 aromatic carbocycles. The third-order valence-corrected chi connectivity index (χ3v) is 3.48. The van der Waals surface area contributed by atoms with Crippen molar-refractivity contribution in [2.75, 3.05) is 36.8 Å². The molecular formula is C12H21N5O. The zero-order valence-corrected chi connectivity index (χ0v) is 11.3. The maximum Gasteiger partial charge on any atom is 0.219 e. The molecule has 2 N–H and O–H groups in total. The van der Waals surface area contributed by atoms with Crippen molar-refractivity contribution < 1.29 is 4.79 Å². The predicted octanol–water partition coefficient (Wildman–Crippen LogP) is 0.369. The fourth-order valence-corrected chi connectivity index (χ4v) is 2.48. The summed E-state index contributed by atoms with van der Waals surface area (Å²) in [7, 11) is 1.91. The maximum atomic E-state index is 11.4. The van der Waals surface area contributed by atoms with Crippen molar-refractivity contribution in [3.05, 3.63) is 5.69 Å². The number of amides is 1. The Bertz CT molecular complexity index is 454. The number of nitrogens with zero attached hydrogens (tertiary/aromatic N) is 4. The Balaban J connectivity index is 2.17. The van der Waals surface area contributed by atoms with Gasteiger partial charge in [0, 0.05) is 40.2 Å². The summed E-state index contributed by atoms with van der Waals surface area (Å²) in [4.78, 5) is 15.5. The van der Waals surface area contributed by atoms with Gasteiger partial charge in [-0.15, -0.1) is 0 Å². The van der Waals surface area contributed by atoms with E-state index in [2.05, 4.69) is 10.00 Å². The molecule has 6 heteroatoms. The molecule has 0 spiro atoms. The van der Waals surface area contributed by atoms with Crippen LogP contribution in [0.3, 0.4) is 0 Å². The summed E-state index contributed by atoms with van der Waals surface area (Å²) in [5, 5.41) is 4.34. The molecule has 1 aliphatic heterocycles. The summed E-state index contributed by atoms with van der Waals surface area (Å²) in [5.74, 6) is 1.11. The van der Waals surface area contributed by atoms with Gasteiger partial charge in [0.1, 0.15) is 5.82 Å². The van der Waals surface area contributed by atoms with Crippen LogP contribution < -0.4 is 10.6 Å². The van der Waals surface area contributed by atoms with Crippen molar-refractivity contribution in [1.82, 2.24) is 14.7 Å². The van der Waals surface area contributed by atoms with Crippen LogP contribution in [-0.4, -0.2) is 46.8 Å². The Morgan fingerprint density at radius 2 is 2.00 bits per heavy atom. The summed E-state index contributed by atoms with van der Waals surface area (Å²) in [6, 6.07) is 0. The van der Waals surface area contributed by atoms with E-state index in [1.165, 1.54) is 0 Å². The zero-order chi connectivity index (χ0) is 13.3. The minimum absolute atomic E-state index is 0.144. The number of hydrogen-bond acceptors (Lipinski definition) is 4. The minimum atomic E-state index is 0.144. The van der Waals surface area contributed by atoms with Crippen molar-refractivity contribution in [3.63, 3.8) is 0 Å². The standard InChI is InChI=1S/C12H21N5O/c1-9-11(13)12(15(3)14-9)17-6-4-5-16(7-8-17)10(2)18/h4-8,13H2,1-3H3. The van der Waals surface area contributed by atoms with E-state index in [-0.39, 0.29) is 5.91 Å². The van der Waals surface area contributed by atoms with Gasteiger partial charge in [0.15, 0.2) is 0 Å². The van der Waals surface area contributed by atoms with Gasteiger partial charge >= 0.3 is 0 Å². The molecule has 0 radical (unpaired) electrons. The Kier molecular flexibility index (Phi) is 3.45. The predicted molar refractivity (Wildman–Crippen MR) is 71.4 cm³/mol. The number of aryl methyl sites for hydroxylation is 2. The summed E-state index contributed by atoms with van der Waals surface area (Å²) in [6.07, 6.45) is 0.962. The first-order valence-electron chi connectivity index (χ1n) is 6.30. The van der Waals surface area contributed by atoms with Gasteiger partial charge in [0.25, 0.3) is 0 Å². The fourth-order valence-electron chi connectivity index (χ4n) is 2.48. The molecule has 2 heterocycles. The van der Waals surface area contributed by atoms with Crippen LogP contribution in [0.2, 0.25) is 0 Å². The van der Waals surface area contributed by atoms with Gasteiger partial charge in [-0.05, 0) is 13.3 Å². The second-order valence-electron chi connectivity index (χ2n) is 4.79. The lowest BCUT2D eigenvalue weighted by molar-refractivity contribution is -0.128. The lowest BCUT2D eigenvalue weighted by atomic mass is 10.3. The van der Waals surface area contributed by atoms with Crippen LogP contribution in [0.5, 0.6) is 0 Å². The van der Waals surface area contributed by atoms with Crippen LogP contribution in [0, 0.1) is 6.92 Å². The van der Waals surface area contributed by atoms with Crippen molar-refractivity contribution in [1.29, 1.82) is 0 Å². The third kappa shape index (κ3) is 2.27. The molecule has 1 saturated heterocycles. The van der Waals surface area contributed by atoms with Crippen LogP contribution in [0.15, 0.2) is 0 Å². The second-order valence-corrected chi connectivity index (χ2v) is 4.79. The van der Waals surface area contributed by atoms with Gasteiger partial charge in [-0.25, -0.2) is 0 Å². The minimum Gasteiger partial charge on any atom is -0.394 e. The first-order valence-corrected chi connectivity index (χ1v) is 6.30. The van der Waals surface area contributed by atoms with Gasteiger partial charge in [-0.2, -0.15) is 5.10 Å². The normalized spacial score (nSPS) is 16.8. The number of rotatable bonds is 1. The highest BCUT2D eigenvalue weighted by Crippen LogP contribution is 2.26. The van der Waals surface area contributed by atoms with Crippen LogP contribution >= 0.6 is 0 Å². The Hall–Kier alpha value is -1.72. The highest BCUT2D eigenvalue weighted by atomic mass is 16.2. The number of carbonyl (C=O) groups is 1. The van der Waals surface area contributed by atoms with Crippen LogP contribution in [0.1, 0.15) is 19.0 Å². The van der Waals surface area contributed by atoms with Gasteiger partial charge in [-0.1, -0.05) is 0 Å². The van der Waals surface area contributed by atoms with Gasteiger partial charge in [0.2, 0.25) is 5.91 Å². The summed E-state index contributed by atoms with van der Waals surface area (Å²) in [6.45, 7) is 6.83. The first kappa shape index (κ1) is 12.7. The zero-order valence-electron chi connectivity index (χ0n) is 11.3. The van der Waals surface area contributed by atoms with Crippen molar-refractivity contribution >= 4 is 17.4 Å². The Morgan fingerprint density at radius 3 is 2.56 bits per heavy atom. The molecule has 6 nitrogen and oxygen atoms in total. The lowest BCUT2D eigenvalue weighted by Crippen LogP contribution is -2.34. The van der Waals surface area contributed by atoms with Gasteiger partial charge < -0.3 is 15.5 Å². The average Bonchev–Trinajstić information content (AvgIpc) is 2.52. The molecule has 1 aromatic heterocycles. The lowest BCUT2D eigenvalue weighted by Gasteiger charge is -2.23. The van der Waals surface area contributed by atoms with E-state index in [4.69, 9.17) is 5.73 Å². The highest BCUT2D eigenvalue weighted by Gasteiger charge is 2.21. The second kappa shape index (κ2) is 4.88. The number of nitrogen functional groups attached to an aromatic ring is 1. The number of nitrogens with two attached hydrogens (primary N) is 1. The van der Waals surface area contributed by atoms with E-state index >= 15 is 0 Å². The smallest absolute Gasteiger partial charge is 0.219 e. The van der Waals surface area contributed by atoms with Crippen molar-refractivity contribution in [2.24, 2.45) is 7.05 Å². The molecule has 1 fully saturated rings. The Labute approximate surface area is 107 Å². The topological polar surface area (TPSA) is 67.4 Å². The molecule has 0 bridgehead atoms. The SMILES string of the molecule is CC(=O)N1CCCN(c2c(N)c(C)nn2C)CC1. The van der Waals surface area contributed by atoms with E-state index in [1.807, 2.05) is 23.6 Å². The molecular weight excluding hydrogens is 230 g/mol. The molecule has 0 atom stereocenters. The van der Waals surface area contributed by atoms with Gasteiger partial charge in [0.05, 0.1) is 11.4 Å².